The largest absolute Gasteiger partial charge is 0.486 e. The molecule has 2 aliphatic rings. The lowest BCUT2D eigenvalue weighted by atomic mass is 9.92. The van der Waals surface area contributed by atoms with Gasteiger partial charge in [0.2, 0.25) is 5.91 Å². The Kier molecular flexibility index (Phi) is 5.57. The monoisotopic (exact) mass is 468 g/mol. The molecule has 1 aromatic heterocycles. The van der Waals surface area contributed by atoms with Crippen molar-refractivity contribution >= 4 is 22.5 Å². The summed E-state index contributed by atoms with van der Waals surface area (Å²) in [6, 6.07) is 13.7. The molecule has 0 unspecified atom stereocenters. The van der Waals surface area contributed by atoms with Gasteiger partial charge < -0.3 is 29.6 Å². The fourth-order valence-electron chi connectivity index (χ4n) is 4.80. The Balaban J connectivity index is 0.00000180. The van der Waals surface area contributed by atoms with E-state index in [2.05, 4.69) is 36.7 Å². The molecular weight excluding hydrogens is 432 g/mol. The first-order valence-electron chi connectivity index (χ1n) is 11.9. The average molecular weight is 469 g/mol. The van der Waals surface area contributed by atoms with Crippen molar-refractivity contribution in [1.82, 2.24) is 4.57 Å². The molecule has 0 saturated heterocycles. The van der Waals surface area contributed by atoms with Crippen LogP contribution in [0.25, 0.3) is 10.9 Å². The Hall–Kier alpha value is -3.03. The number of aromatic nitrogens is 1. The molecule has 0 spiro atoms. The van der Waals surface area contributed by atoms with Crippen molar-refractivity contribution < 1.29 is 27.3 Å². The Morgan fingerprint density at radius 1 is 1.12 bits per heavy atom. The van der Waals surface area contributed by atoms with E-state index in [1.54, 1.807) is 0 Å². The number of amides is 1. The minimum atomic E-state index is -0.836. The molecule has 3 N–H and O–H groups in total. The van der Waals surface area contributed by atoms with Gasteiger partial charge in [0.25, 0.3) is 0 Å². The van der Waals surface area contributed by atoms with Crippen molar-refractivity contribution in [3.63, 3.8) is 0 Å². The van der Waals surface area contributed by atoms with Crippen LogP contribution in [-0.2, 0) is 22.2 Å². The first-order valence-corrected chi connectivity index (χ1v) is 11.9. The zero-order chi connectivity index (χ0) is 24.1. The molecule has 0 bridgehead atoms. The molecule has 1 aliphatic heterocycles. The topological polar surface area (TPSA) is 93.0 Å². The number of carbonyl (C=O) groups excluding carboxylic acids is 1. The summed E-state index contributed by atoms with van der Waals surface area (Å²) in [6.45, 7) is 7.44. The van der Waals surface area contributed by atoms with Crippen LogP contribution in [0.2, 0.25) is 0 Å². The Bertz CT molecular complexity index is 1250. The Labute approximate surface area is 202 Å². The molecular formula is C27H36N2O5. The fraction of sp³-hybridized carbons (Fsp3) is 0.444. The summed E-state index contributed by atoms with van der Waals surface area (Å²) >= 11 is 0. The fourth-order valence-corrected chi connectivity index (χ4v) is 4.80. The number of ether oxygens (including phenoxy) is 2. The zero-order valence-electron chi connectivity index (χ0n) is 19.9. The molecule has 2 aromatic carbocycles. The van der Waals surface area contributed by atoms with Crippen LogP contribution in [0.4, 0.5) is 5.69 Å². The number of nitrogens with zero attached hydrogens (tertiary/aromatic N) is 1. The SMILES string of the molecule is CC(C)(C)c1cc2cc(NC(=O)C3(c4ccc5c(c4)OCCO5)CC3)ccc2n1C[C@@H](O)CO.[HH].[HH]. The number of benzene rings is 2. The van der Waals surface area contributed by atoms with E-state index < -0.39 is 11.5 Å². The summed E-state index contributed by atoms with van der Waals surface area (Å²) in [7, 11) is 0. The van der Waals surface area contributed by atoms with Crippen LogP contribution in [0.5, 0.6) is 11.5 Å². The van der Waals surface area contributed by atoms with Crippen LogP contribution in [0.1, 0.15) is 47.7 Å². The molecule has 1 atom stereocenters. The van der Waals surface area contributed by atoms with Gasteiger partial charge in [0.05, 0.1) is 24.7 Å². The predicted molar refractivity (Wildman–Crippen MR) is 135 cm³/mol. The molecule has 1 fully saturated rings. The van der Waals surface area contributed by atoms with Crippen molar-refractivity contribution in [2.24, 2.45) is 0 Å². The summed E-state index contributed by atoms with van der Waals surface area (Å²) in [4.78, 5) is 13.4. The smallest absolute Gasteiger partial charge is 0.235 e. The highest BCUT2D eigenvalue weighted by atomic mass is 16.6. The molecule has 5 rings (SSSR count). The lowest BCUT2D eigenvalue weighted by Crippen LogP contribution is -2.28. The van der Waals surface area contributed by atoms with E-state index in [0.29, 0.717) is 25.5 Å². The quantitative estimate of drug-likeness (QED) is 0.504. The first kappa shape index (κ1) is 22.7. The van der Waals surface area contributed by atoms with Gasteiger partial charge in [0.15, 0.2) is 11.5 Å². The molecule has 34 heavy (non-hydrogen) atoms. The second kappa shape index (κ2) is 8.32. The summed E-state index contributed by atoms with van der Waals surface area (Å²) < 4.78 is 13.4. The first-order chi connectivity index (χ1) is 16.2. The predicted octanol–water partition coefficient (Wildman–Crippen LogP) is 4.23. The van der Waals surface area contributed by atoms with Crippen LogP contribution < -0.4 is 14.8 Å². The van der Waals surface area contributed by atoms with E-state index in [-0.39, 0.29) is 20.8 Å². The van der Waals surface area contributed by atoms with Gasteiger partial charge >= 0.3 is 0 Å². The van der Waals surface area contributed by atoms with E-state index in [1.807, 2.05) is 36.4 Å². The van der Waals surface area contributed by atoms with Gasteiger partial charge in [-0.15, -0.1) is 0 Å². The summed E-state index contributed by atoms with van der Waals surface area (Å²) in [5.41, 5.74) is 3.03. The number of rotatable bonds is 6. The standard InChI is InChI=1S/C27H32N2O5.2H2/c1-26(2,3)24-13-17-12-19(5-6-21(17)29(24)15-20(31)16-30)28-25(32)27(8-9-27)18-4-7-22-23(14-18)34-11-10-33-22;;/h4-7,12-14,20,30-31H,8-11,15-16H2,1-3H3,(H,28,32);2*1H/t20-;;/m1../s1. The molecule has 1 saturated carbocycles. The zero-order valence-corrected chi connectivity index (χ0v) is 19.9. The number of nitrogens with one attached hydrogen (secondary N) is 1. The molecule has 7 nitrogen and oxygen atoms in total. The van der Waals surface area contributed by atoms with Gasteiger partial charge in [-0.3, -0.25) is 4.79 Å². The van der Waals surface area contributed by atoms with Crippen molar-refractivity contribution in [2.45, 2.75) is 57.1 Å². The van der Waals surface area contributed by atoms with Gasteiger partial charge in [-0.1, -0.05) is 26.8 Å². The number of hydrogen-bond acceptors (Lipinski definition) is 5. The molecule has 1 amide bonds. The van der Waals surface area contributed by atoms with Crippen LogP contribution in [0.15, 0.2) is 42.5 Å². The van der Waals surface area contributed by atoms with Crippen LogP contribution in [0.3, 0.4) is 0 Å². The van der Waals surface area contributed by atoms with Gasteiger partial charge in [0, 0.05) is 30.6 Å². The van der Waals surface area contributed by atoms with Crippen LogP contribution in [-0.4, -0.2) is 46.6 Å². The maximum atomic E-state index is 13.4. The third-order valence-electron chi connectivity index (χ3n) is 6.81. The summed E-state index contributed by atoms with van der Waals surface area (Å²) in [6.07, 6.45) is 0.756. The van der Waals surface area contributed by atoms with Gasteiger partial charge in [-0.2, -0.15) is 0 Å². The van der Waals surface area contributed by atoms with E-state index >= 15 is 0 Å². The lowest BCUT2D eigenvalue weighted by Gasteiger charge is -2.23. The van der Waals surface area contributed by atoms with Gasteiger partial charge in [-0.25, -0.2) is 0 Å². The number of carbonyl (C=O) groups is 1. The molecule has 0 radical (unpaired) electrons. The normalized spacial score (nSPS) is 17.4. The summed E-state index contributed by atoms with van der Waals surface area (Å²) in [5, 5.41) is 23.6. The lowest BCUT2D eigenvalue weighted by molar-refractivity contribution is -0.118. The number of aliphatic hydroxyl groups excluding tert-OH is 2. The van der Waals surface area contributed by atoms with Crippen LogP contribution >= 0.6 is 0 Å². The Morgan fingerprint density at radius 2 is 1.85 bits per heavy atom. The minimum absolute atomic E-state index is 0. The second-order valence-corrected chi connectivity index (χ2v) is 10.4. The number of fused-ring (bicyclic) bond motifs is 2. The van der Waals surface area contributed by atoms with Crippen molar-refractivity contribution in [1.29, 1.82) is 0 Å². The molecule has 1 aliphatic carbocycles. The summed E-state index contributed by atoms with van der Waals surface area (Å²) in [5.74, 6) is 1.40. The van der Waals surface area contributed by atoms with Crippen molar-refractivity contribution in [2.75, 3.05) is 25.1 Å². The Morgan fingerprint density at radius 3 is 2.53 bits per heavy atom. The van der Waals surface area contributed by atoms with E-state index in [0.717, 1.165) is 46.4 Å². The highest BCUT2D eigenvalue weighted by Crippen LogP contribution is 2.51. The second-order valence-electron chi connectivity index (χ2n) is 10.4. The molecule has 7 heteroatoms. The molecule has 184 valence electrons. The van der Waals surface area contributed by atoms with Crippen molar-refractivity contribution in [3.05, 3.63) is 53.7 Å². The van der Waals surface area contributed by atoms with E-state index in [1.165, 1.54) is 0 Å². The number of aliphatic hydroxyl groups is 2. The van der Waals surface area contributed by atoms with E-state index in [9.17, 15) is 15.0 Å². The molecule has 3 aromatic rings. The maximum absolute atomic E-state index is 13.4. The highest BCUT2D eigenvalue weighted by Gasteiger charge is 2.51. The van der Waals surface area contributed by atoms with Gasteiger partial charge in [-0.05, 0) is 54.8 Å². The number of anilines is 1. The van der Waals surface area contributed by atoms with Crippen molar-refractivity contribution in [3.8, 4) is 11.5 Å². The minimum Gasteiger partial charge on any atom is -0.486 e. The van der Waals surface area contributed by atoms with Gasteiger partial charge in [0.1, 0.15) is 13.2 Å². The third-order valence-corrected chi connectivity index (χ3v) is 6.81. The average Bonchev–Trinajstić information content (AvgIpc) is 3.55. The highest BCUT2D eigenvalue weighted by molar-refractivity contribution is 6.02. The maximum Gasteiger partial charge on any atom is 0.235 e. The third kappa shape index (κ3) is 4.03. The van der Waals surface area contributed by atoms with Crippen LogP contribution in [0, 0.1) is 0 Å². The number of hydrogen-bond donors (Lipinski definition) is 3. The molecule has 2 heterocycles. The van der Waals surface area contributed by atoms with E-state index in [4.69, 9.17) is 9.47 Å².